The Morgan fingerprint density at radius 2 is 2.10 bits per heavy atom. The van der Waals surface area contributed by atoms with E-state index in [9.17, 15) is 0 Å². The second-order valence-electron chi connectivity index (χ2n) is 6.24. The molecule has 1 spiro atoms. The van der Waals surface area contributed by atoms with E-state index < -0.39 is 0 Å². The Balaban J connectivity index is 1.89. The van der Waals surface area contributed by atoms with Crippen LogP contribution in [0.3, 0.4) is 0 Å². The van der Waals surface area contributed by atoms with Gasteiger partial charge in [-0.3, -0.25) is 4.99 Å². The standard InChI is InChI=1S/C16H32N4O/c1-4-17-15(18-9-11-19(5-2)6-3)20-10-7-16(13-20)8-12-21-14-16/h4-14H2,1-3H3,(H,17,18). The molecule has 2 rings (SSSR count). The Bertz CT molecular complexity index is 335. The zero-order valence-electron chi connectivity index (χ0n) is 14.0. The van der Waals surface area contributed by atoms with Gasteiger partial charge in [0, 0.05) is 38.2 Å². The van der Waals surface area contributed by atoms with Crippen LogP contribution in [0.2, 0.25) is 0 Å². The molecule has 0 amide bonds. The average Bonchev–Trinajstić information content (AvgIpc) is 3.13. The molecule has 0 aromatic carbocycles. The van der Waals surface area contributed by atoms with Crippen molar-refractivity contribution >= 4 is 5.96 Å². The maximum atomic E-state index is 5.62. The highest BCUT2D eigenvalue weighted by molar-refractivity contribution is 5.80. The normalized spacial score (nSPS) is 26.3. The number of guanidine groups is 1. The summed E-state index contributed by atoms with van der Waals surface area (Å²) in [5.74, 6) is 1.09. The zero-order valence-corrected chi connectivity index (χ0v) is 14.0. The molecule has 2 fully saturated rings. The van der Waals surface area contributed by atoms with E-state index in [0.717, 1.165) is 65.0 Å². The van der Waals surface area contributed by atoms with Gasteiger partial charge in [0.1, 0.15) is 0 Å². The summed E-state index contributed by atoms with van der Waals surface area (Å²) in [4.78, 5) is 9.69. The number of aliphatic imine (C=N–C) groups is 1. The van der Waals surface area contributed by atoms with E-state index in [2.05, 4.69) is 35.9 Å². The highest BCUT2D eigenvalue weighted by Gasteiger charge is 2.42. The first-order chi connectivity index (χ1) is 10.2. The number of likely N-dealkylation sites (tertiary alicyclic amines) is 1. The molecule has 2 saturated heterocycles. The van der Waals surface area contributed by atoms with Crippen LogP contribution in [0.25, 0.3) is 0 Å². The maximum absolute atomic E-state index is 5.62. The van der Waals surface area contributed by atoms with Gasteiger partial charge >= 0.3 is 0 Å². The number of rotatable bonds is 6. The number of likely N-dealkylation sites (N-methyl/N-ethyl adjacent to an activating group) is 1. The van der Waals surface area contributed by atoms with E-state index in [-0.39, 0.29) is 0 Å². The Hall–Kier alpha value is -0.810. The molecule has 0 saturated carbocycles. The van der Waals surface area contributed by atoms with E-state index in [0.29, 0.717) is 5.41 Å². The van der Waals surface area contributed by atoms with Crippen LogP contribution in [0.1, 0.15) is 33.6 Å². The molecule has 2 heterocycles. The van der Waals surface area contributed by atoms with Crippen molar-refractivity contribution in [3.63, 3.8) is 0 Å². The molecule has 122 valence electrons. The lowest BCUT2D eigenvalue weighted by Crippen LogP contribution is -2.42. The van der Waals surface area contributed by atoms with Gasteiger partial charge in [0.2, 0.25) is 0 Å². The first kappa shape index (κ1) is 16.6. The predicted octanol–water partition coefficient (Wildman–Crippen LogP) is 1.41. The third kappa shape index (κ3) is 4.33. The molecule has 0 aliphatic carbocycles. The molecule has 1 unspecified atom stereocenters. The zero-order chi connectivity index (χ0) is 15.1. The molecule has 1 atom stereocenters. The van der Waals surface area contributed by atoms with E-state index in [1.807, 2.05) is 0 Å². The van der Waals surface area contributed by atoms with Gasteiger partial charge in [0.25, 0.3) is 0 Å². The fourth-order valence-corrected chi connectivity index (χ4v) is 3.35. The topological polar surface area (TPSA) is 40.1 Å². The lowest BCUT2D eigenvalue weighted by atomic mass is 9.87. The molecule has 5 nitrogen and oxygen atoms in total. The van der Waals surface area contributed by atoms with Crippen LogP contribution in [0.15, 0.2) is 4.99 Å². The summed E-state index contributed by atoms with van der Waals surface area (Å²) in [6.07, 6.45) is 2.45. The fraction of sp³-hybridized carbons (Fsp3) is 0.938. The fourth-order valence-electron chi connectivity index (χ4n) is 3.35. The van der Waals surface area contributed by atoms with Crippen LogP contribution in [-0.2, 0) is 4.74 Å². The second kappa shape index (κ2) is 7.99. The monoisotopic (exact) mass is 296 g/mol. The highest BCUT2D eigenvalue weighted by atomic mass is 16.5. The Kier molecular flexibility index (Phi) is 6.30. The van der Waals surface area contributed by atoms with Gasteiger partial charge in [-0.1, -0.05) is 13.8 Å². The van der Waals surface area contributed by atoms with Crippen molar-refractivity contribution in [1.82, 2.24) is 15.1 Å². The number of hydrogen-bond donors (Lipinski definition) is 1. The summed E-state index contributed by atoms with van der Waals surface area (Å²) >= 11 is 0. The van der Waals surface area contributed by atoms with Gasteiger partial charge < -0.3 is 19.9 Å². The van der Waals surface area contributed by atoms with Crippen molar-refractivity contribution in [3.05, 3.63) is 0 Å². The molecule has 0 bridgehead atoms. The van der Waals surface area contributed by atoms with Gasteiger partial charge in [0.15, 0.2) is 5.96 Å². The Morgan fingerprint density at radius 1 is 1.29 bits per heavy atom. The van der Waals surface area contributed by atoms with Crippen molar-refractivity contribution in [3.8, 4) is 0 Å². The molecule has 1 N–H and O–H groups in total. The minimum absolute atomic E-state index is 0.398. The summed E-state index contributed by atoms with van der Waals surface area (Å²) in [5, 5.41) is 3.46. The molecule has 2 aliphatic rings. The van der Waals surface area contributed by atoms with E-state index >= 15 is 0 Å². The van der Waals surface area contributed by atoms with Crippen LogP contribution in [0.4, 0.5) is 0 Å². The smallest absolute Gasteiger partial charge is 0.193 e. The molecule has 0 aromatic heterocycles. The number of nitrogens with zero attached hydrogens (tertiary/aromatic N) is 3. The lowest BCUT2D eigenvalue weighted by molar-refractivity contribution is 0.156. The van der Waals surface area contributed by atoms with Gasteiger partial charge in [-0.15, -0.1) is 0 Å². The third-order valence-corrected chi connectivity index (χ3v) is 4.83. The molecule has 21 heavy (non-hydrogen) atoms. The van der Waals surface area contributed by atoms with Crippen molar-refractivity contribution < 1.29 is 4.74 Å². The Morgan fingerprint density at radius 3 is 2.71 bits per heavy atom. The van der Waals surface area contributed by atoms with Crippen LogP contribution in [-0.4, -0.2) is 74.8 Å². The van der Waals surface area contributed by atoms with E-state index in [4.69, 9.17) is 9.73 Å². The van der Waals surface area contributed by atoms with Gasteiger partial charge in [-0.05, 0) is 32.9 Å². The summed E-state index contributed by atoms with van der Waals surface area (Å²) in [7, 11) is 0. The van der Waals surface area contributed by atoms with Crippen LogP contribution in [0, 0.1) is 5.41 Å². The lowest BCUT2D eigenvalue weighted by Gasteiger charge is -2.25. The van der Waals surface area contributed by atoms with Crippen molar-refractivity contribution in [2.24, 2.45) is 10.4 Å². The maximum Gasteiger partial charge on any atom is 0.193 e. The van der Waals surface area contributed by atoms with E-state index in [1.165, 1.54) is 12.8 Å². The molecule has 0 aromatic rings. The summed E-state index contributed by atoms with van der Waals surface area (Å²) < 4.78 is 5.62. The third-order valence-electron chi connectivity index (χ3n) is 4.83. The minimum Gasteiger partial charge on any atom is -0.381 e. The molecule has 5 heteroatoms. The molecular formula is C16H32N4O. The number of ether oxygens (including phenoxy) is 1. The van der Waals surface area contributed by atoms with Gasteiger partial charge in [0.05, 0.1) is 13.2 Å². The molecular weight excluding hydrogens is 264 g/mol. The first-order valence-electron chi connectivity index (χ1n) is 8.56. The van der Waals surface area contributed by atoms with Crippen molar-refractivity contribution in [1.29, 1.82) is 0 Å². The SMILES string of the molecule is CCNC(=NCCN(CC)CC)N1CCC2(CCOC2)C1. The second-order valence-corrected chi connectivity index (χ2v) is 6.24. The molecule has 0 radical (unpaired) electrons. The summed E-state index contributed by atoms with van der Waals surface area (Å²) in [6, 6.07) is 0. The first-order valence-corrected chi connectivity index (χ1v) is 8.56. The van der Waals surface area contributed by atoms with Crippen LogP contribution >= 0.6 is 0 Å². The summed E-state index contributed by atoms with van der Waals surface area (Å²) in [6.45, 7) is 15.7. The predicted molar refractivity (Wildman–Crippen MR) is 87.8 cm³/mol. The number of nitrogens with one attached hydrogen (secondary N) is 1. The average molecular weight is 296 g/mol. The van der Waals surface area contributed by atoms with E-state index in [1.54, 1.807) is 0 Å². The van der Waals surface area contributed by atoms with Crippen LogP contribution in [0.5, 0.6) is 0 Å². The van der Waals surface area contributed by atoms with Crippen LogP contribution < -0.4 is 5.32 Å². The minimum atomic E-state index is 0.398. The summed E-state index contributed by atoms with van der Waals surface area (Å²) in [5.41, 5.74) is 0.398. The van der Waals surface area contributed by atoms with Gasteiger partial charge in [-0.25, -0.2) is 0 Å². The quantitative estimate of drug-likeness (QED) is 0.594. The molecule has 2 aliphatic heterocycles. The highest BCUT2D eigenvalue weighted by Crippen LogP contribution is 2.38. The largest absolute Gasteiger partial charge is 0.381 e. The van der Waals surface area contributed by atoms with Crippen molar-refractivity contribution in [2.75, 3.05) is 59.0 Å². The van der Waals surface area contributed by atoms with Gasteiger partial charge in [-0.2, -0.15) is 0 Å². The Labute approximate surface area is 129 Å². The number of hydrogen-bond acceptors (Lipinski definition) is 3. The van der Waals surface area contributed by atoms with Crippen molar-refractivity contribution in [2.45, 2.75) is 33.6 Å².